The number of rotatable bonds is 2. The molecule has 0 unspecified atom stereocenters. The van der Waals surface area contributed by atoms with E-state index >= 15 is 0 Å². The monoisotopic (exact) mass is 311 g/mol. The molecule has 1 rings (SSSR count). The van der Waals surface area contributed by atoms with Crippen molar-refractivity contribution in [2.75, 3.05) is 0 Å². The zero-order chi connectivity index (χ0) is 15.9. The predicted molar refractivity (Wildman–Crippen MR) is 49.3 cm³/mol. The van der Waals surface area contributed by atoms with Crippen molar-refractivity contribution in [2.24, 2.45) is 5.73 Å². The van der Waals surface area contributed by atoms with E-state index in [1.807, 2.05) is 0 Å². The second kappa shape index (κ2) is 4.83. The number of nitrogens with two attached hydrogens (primary N) is 1. The van der Waals surface area contributed by atoms with Crippen LogP contribution in [0, 0.1) is 5.82 Å². The van der Waals surface area contributed by atoms with E-state index in [-0.39, 0.29) is 6.07 Å². The third-order valence-corrected chi connectivity index (χ3v) is 2.44. The van der Waals surface area contributed by atoms with E-state index < -0.39 is 41.3 Å². The van der Waals surface area contributed by atoms with Gasteiger partial charge in [0.25, 0.3) is 0 Å². The van der Waals surface area contributed by atoms with Gasteiger partial charge in [-0.2, -0.15) is 35.1 Å². The van der Waals surface area contributed by atoms with Crippen LogP contribution in [0.5, 0.6) is 0 Å². The van der Waals surface area contributed by atoms with Gasteiger partial charge in [0, 0.05) is 5.56 Å². The number of hydrogen-bond acceptors (Lipinski definition) is 1. The van der Waals surface area contributed by atoms with Gasteiger partial charge < -0.3 is 5.73 Å². The van der Waals surface area contributed by atoms with Crippen molar-refractivity contribution in [3.05, 3.63) is 35.1 Å². The van der Waals surface area contributed by atoms with Gasteiger partial charge in [-0.05, 0) is 6.07 Å². The van der Waals surface area contributed by atoms with E-state index in [1.54, 1.807) is 0 Å². The maximum absolute atomic E-state index is 13.4. The number of alkyl halides is 8. The van der Waals surface area contributed by atoms with E-state index in [0.717, 1.165) is 0 Å². The molecule has 1 aromatic carbocycles. The van der Waals surface area contributed by atoms with Crippen LogP contribution < -0.4 is 5.73 Å². The van der Waals surface area contributed by atoms with Crippen molar-refractivity contribution in [3.63, 3.8) is 0 Å². The molecule has 2 N–H and O–H groups in total. The standard InChI is InChI=1S/C10H6F9N/c11-6-4(2-1-3-5(6)9(14,15)16)7(20)8(12,13)10(17,18)19/h1-3,7H,20H2/t7-/m0/s1. The summed E-state index contributed by atoms with van der Waals surface area (Å²) in [5.41, 5.74) is 1.06. The summed E-state index contributed by atoms with van der Waals surface area (Å²) in [5, 5.41) is 0. The first-order valence-corrected chi connectivity index (χ1v) is 4.86. The Hall–Kier alpha value is -1.45. The van der Waals surface area contributed by atoms with Crippen molar-refractivity contribution in [3.8, 4) is 0 Å². The highest BCUT2D eigenvalue weighted by Gasteiger charge is 2.62. The Kier molecular flexibility index (Phi) is 4.01. The zero-order valence-corrected chi connectivity index (χ0v) is 9.29. The molecule has 0 saturated carbocycles. The van der Waals surface area contributed by atoms with Gasteiger partial charge in [-0.1, -0.05) is 12.1 Å². The van der Waals surface area contributed by atoms with Crippen LogP contribution in [0.3, 0.4) is 0 Å². The van der Waals surface area contributed by atoms with Crippen molar-refractivity contribution in [2.45, 2.75) is 24.3 Å². The first kappa shape index (κ1) is 16.6. The lowest BCUT2D eigenvalue weighted by Crippen LogP contribution is -2.46. The van der Waals surface area contributed by atoms with Gasteiger partial charge >= 0.3 is 18.3 Å². The third kappa shape index (κ3) is 2.84. The summed E-state index contributed by atoms with van der Waals surface area (Å²) in [4.78, 5) is 0. The van der Waals surface area contributed by atoms with Crippen LogP contribution in [0.4, 0.5) is 39.5 Å². The molecular formula is C10H6F9N. The highest BCUT2D eigenvalue weighted by atomic mass is 19.4. The second-order valence-electron chi connectivity index (χ2n) is 3.80. The molecule has 0 aromatic heterocycles. The molecule has 0 saturated heterocycles. The largest absolute Gasteiger partial charge is 0.455 e. The van der Waals surface area contributed by atoms with Crippen molar-refractivity contribution in [1.29, 1.82) is 0 Å². The second-order valence-corrected chi connectivity index (χ2v) is 3.80. The molecule has 20 heavy (non-hydrogen) atoms. The topological polar surface area (TPSA) is 26.0 Å². The van der Waals surface area contributed by atoms with E-state index in [0.29, 0.717) is 12.1 Å². The van der Waals surface area contributed by atoms with Gasteiger partial charge in [-0.25, -0.2) is 4.39 Å². The van der Waals surface area contributed by atoms with E-state index in [9.17, 15) is 39.5 Å². The molecule has 1 aromatic rings. The average Bonchev–Trinajstić information content (AvgIpc) is 2.25. The van der Waals surface area contributed by atoms with Crippen LogP contribution >= 0.6 is 0 Å². The molecule has 1 atom stereocenters. The number of benzene rings is 1. The Balaban J connectivity index is 3.36. The molecule has 0 aliphatic rings. The average molecular weight is 311 g/mol. The van der Waals surface area contributed by atoms with Crippen molar-refractivity contribution >= 4 is 0 Å². The smallest absolute Gasteiger partial charge is 0.319 e. The SMILES string of the molecule is N[C@@H](c1cccc(C(F)(F)F)c1F)C(F)(F)C(F)(F)F. The minimum atomic E-state index is -6.12. The van der Waals surface area contributed by atoms with Crippen molar-refractivity contribution < 1.29 is 39.5 Å². The lowest BCUT2D eigenvalue weighted by atomic mass is 9.98. The minimum absolute atomic E-state index is 0.206. The van der Waals surface area contributed by atoms with Crippen LogP contribution in [0.2, 0.25) is 0 Å². The molecule has 114 valence electrons. The van der Waals surface area contributed by atoms with E-state index in [4.69, 9.17) is 0 Å². The molecule has 1 nitrogen and oxygen atoms in total. The van der Waals surface area contributed by atoms with Crippen molar-refractivity contribution in [1.82, 2.24) is 0 Å². The van der Waals surface area contributed by atoms with Gasteiger partial charge in [0.2, 0.25) is 0 Å². The van der Waals surface area contributed by atoms with Gasteiger partial charge in [0.05, 0.1) is 5.56 Å². The summed E-state index contributed by atoms with van der Waals surface area (Å²) >= 11 is 0. The van der Waals surface area contributed by atoms with Crippen LogP contribution in [0.25, 0.3) is 0 Å². The Morgan fingerprint density at radius 1 is 0.900 bits per heavy atom. The highest BCUT2D eigenvalue weighted by Crippen LogP contribution is 2.44. The predicted octanol–water partition coefficient (Wildman–Crippen LogP) is 4.04. The van der Waals surface area contributed by atoms with Crippen LogP contribution in [0.15, 0.2) is 18.2 Å². The van der Waals surface area contributed by atoms with E-state index in [1.165, 1.54) is 0 Å². The normalized spacial score (nSPS) is 15.3. The summed E-state index contributed by atoms with van der Waals surface area (Å²) in [6.45, 7) is 0. The quantitative estimate of drug-likeness (QED) is 0.820. The summed E-state index contributed by atoms with van der Waals surface area (Å²) < 4.78 is 112. The van der Waals surface area contributed by atoms with Gasteiger partial charge in [0.15, 0.2) is 0 Å². The Bertz CT molecular complexity index is 488. The van der Waals surface area contributed by atoms with Gasteiger partial charge in [-0.15, -0.1) is 0 Å². The fraction of sp³-hybridized carbons (Fsp3) is 0.400. The van der Waals surface area contributed by atoms with E-state index in [2.05, 4.69) is 5.73 Å². The maximum Gasteiger partial charge on any atom is 0.455 e. The van der Waals surface area contributed by atoms with Gasteiger partial charge in [0.1, 0.15) is 11.9 Å². The molecule has 0 radical (unpaired) electrons. The molecule has 0 bridgehead atoms. The molecule has 10 heteroatoms. The molecule has 0 spiro atoms. The Labute approximate surface area is 106 Å². The molecule has 0 aliphatic heterocycles. The van der Waals surface area contributed by atoms with Gasteiger partial charge in [-0.3, -0.25) is 0 Å². The summed E-state index contributed by atoms with van der Waals surface area (Å²) in [6.07, 6.45) is -11.4. The summed E-state index contributed by atoms with van der Waals surface area (Å²) in [5.74, 6) is -7.82. The molecule has 0 heterocycles. The summed E-state index contributed by atoms with van der Waals surface area (Å²) in [6, 6.07) is -2.25. The first-order valence-electron chi connectivity index (χ1n) is 4.86. The molecule has 0 fully saturated rings. The molecule has 0 amide bonds. The molecule has 0 aliphatic carbocycles. The third-order valence-electron chi connectivity index (χ3n) is 2.44. The highest BCUT2D eigenvalue weighted by molar-refractivity contribution is 5.31. The van der Waals surface area contributed by atoms with Crippen LogP contribution in [0.1, 0.15) is 17.2 Å². The minimum Gasteiger partial charge on any atom is -0.319 e. The molecular weight excluding hydrogens is 305 g/mol. The Morgan fingerprint density at radius 3 is 1.80 bits per heavy atom. The first-order chi connectivity index (χ1) is 8.80. The fourth-order valence-corrected chi connectivity index (χ4v) is 1.38. The zero-order valence-electron chi connectivity index (χ0n) is 9.29. The number of halogens is 9. The van der Waals surface area contributed by atoms with Crippen LogP contribution in [-0.4, -0.2) is 12.1 Å². The van der Waals surface area contributed by atoms with Crippen LogP contribution in [-0.2, 0) is 6.18 Å². The lowest BCUT2D eigenvalue weighted by molar-refractivity contribution is -0.291. The Morgan fingerprint density at radius 2 is 1.40 bits per heavy atom. The fourth-order valence-electron chi connectivity index (χ4n) is 1.38. The number of hydrogen-bond donors (Lipinski definition) is 1. The maximum atomic E-state index is 13.4. The summed E-state index contributed by atoms with van der Waals surface area (Å²) in [7, 11) is 0. The lowest BCUT2D eigenvalue weighted by Gasteiger charge is -2.26.